The highest BCUT2D eigenvalue weighted by atomic mass is 32.1. The molecule has 69 heavy (non-hydrogen) atoms. The summed E-state index contributed by atoms with van der Waals surface area (Å²) in [4.78, 5) is 2.43. The molecular weight excluding hydrogens is 851 g/mol. The maximum Gasteiger partial charge on any atom is 0.0713 e. The molecule has 10 aromatic carbocycles. The number of fused-ring (bicyclic) bond motifs is 6. The van der Waals surface area contributed by atoms with Crippen LogP contribution in [0.2, 0.25) is 0 Å². The first-order valence-corrected chi connectivity index (χ1v) is 24.8. The van der Waals surface area contributed by atoms with Gasteiger partial charge in [0.25, 0.3) is 0 Å². The standard InChI is InChI=1S/C67H47NS/c1-4-17-46(18-5-1)51-41-52(47-19-6-2-7-20-47)43-53(42-51)48-31-36-56(37-32-48)68(58-24-16-21-49(44-58)50-33-40-66-62(45-50)61-27-12-15-30-65(61)69-66)57-38-34-55(35-39-57)67(54-22-8-3-9-23-54)63-28-13-10-25-59(63)60-26-11-14-29-64(60)67/h1-42,44-45,53H,43H2. The average Bonchev–Trinajstić information content (AvgIpc) is 3.96. The Balaban J connectivity index is 0.935. The lowest BCUT2D eigenvalue weighted by atomic mass is 9.68. The van der Waals surface area contributed by atoms with E-state index in [2.05, 4.69) is 272 Å². The fourth-order valence-electron chi connectivity index (χ4n) is 11.3. The van der Waals surface area contributed by atoms with E-state index in [-0.39, 0.29) is 5.92 Å². The van der Waals surface area contributed by atoms with Crippen LogP contribution < -0.4 is 4.90 Å². The number of anilines is 3. The maximum absolute atomic E-state index is 2.46. The Hall–Kier alpha value is -8.30. The van der Waals surface area contributed by atoms with Crippen molar-refractivity contribution in [3.63, 3.8) is 0 Å². The van der Waals surface area contributed by atoms with Crippen LogP contribution in [-0.2, 0) is 5.41 Å². The van der Waals surface area contributed by atoms with Crippen LogP contribution in [0.15, 0.2) is 267 Å². The molecule has 0 spiro atoms. The zero-order valence-electron chi connectivity index (χ0n) is 38.0. The lowest BCUT2D eigenvalue weighted by molar-refractivity contribution is 0.768. The molecule has 0 saturated carbocycles. The van der Waals surface area contributed by atoms with Gasteiger partial charge in [-0.2, -0.15) is 0 Å². The molecule has 0 amide bonds. The molecular formula is C67H47NS. The normalized spacial score (nSPS) is 14.8. The summed E-state index contributed by atoms with van der Waals surface area (Å²) in [5.74, 6) is 0.222. The number of allylic oxidation sites excluding steroid dienone is 4. The first kappa shape index (κ1) is 40.9. The third-order valence-corrected chi connectivity index (χ3v) is 15.7. The van der Waals surface area contributed by atoms with E-state index in [0.29, 0.717) is 0 Å². The molecule has 1 atom stereocenters. The quantitative estimate of drug-likeness (QED) is 0.140. The van der Waals surface area contributed by atoms with Crippen molar-refractivity contribution in [2.75, 3.05) is 4.90 Å². The van der Waals surface area contributed by atoms with Crippen molar-refractivity contribution in [2.45, 2.75) is 17.8 Å². The van der Waals surface area contributed by atoms with Gasteiger partial charge in [0.1, 0.15) is 0 Å². The molecule has 1 heterocycles. The van der Waals surface area contributed by atoms with Gasteiger partial charge in [-0.1, -0.05) is 212 Å². The SMILES string of the molecule is C1=C(c2ccccc2)C=C(c2ccccc2)CC1c1ccc(N(c2ccc(C3(c4ccccc4)c4ccccc4-c4ccccc43)cc2)c2cccc(-c3ccc4sc5ccccc5c4c3)c2)cc1. The van der Waals surface area contributed by atoms with Crippen molar-refractivity contribution >= 4 is 59.7 Å². The van der Waals surface area contributed by atoms with Gasteiger partial charge < -0.3 is 4.90 Å². The second kappa shape index (κ2) is 17.1. The van der Waals surface area contributed by atoms with Crippen LogP contribution in [0.3, 0.4) is 0 Å². The molecule has 0 N–H and O–H groups in total. The van der Waals surface area contributed by atoms with Crippen molar-refractivity contribution in [2.24, 2.45) is 0 Å². The van der Waals surface area contributed by atoms with Gasteiger partial charge in [-0.3, -0.25) is 0 Å². The van der Waals surface area contributed by atoms with Crippen molar-refractivity contribution < 1.29 is 0 Å². The fraction of sp³-hybridized carbons (Fsp3) is 0.0448. The van der Waals surface area contributed by atoms with Crippen LogP contribution in [0, 0.1) is 0 Å². The van der Waals surface area contributed by atoms with E-state index >= 15 is 0 Å². The Morgan fingerprint density at radius 3 is 1.65 bits per heavy atom. The molecule has 1 aromatic heterocycles. The van der Waals surface area contributed by atoms with Crippen molar-refractivity contribution in [3.8, 4) is 22.3 Å². The van der Waals surface area contributed by atoms with Crippen molar-refractivity contribution in [1.29, 1.82) is 0 Å². The van der Waals surface area contributed by atoms with E-state index in [1.165, 1.54) is 92.5 Å². The second-order valence-electron chi connectivity index (χ2n) is 18.4. The molecule has 0 saturated heterocycles. The Bertz CT molecular complexity index is 3690. The van der Waals surface area contributed by atoms with E-state index in [9.17, 15) is 0 Å². The molecule has 2 aliphatic rings. The topological polar surface area (TPSA) is 3.24 Å². The Morgan fingerprint density at radius 1 is 0.391 bits per heavy atom. The van der Waals surface area contributed by atoms with Crippen LogP contribution in [0.1, 0.15) is 51.3 Å². The van der Waals surface area contributed by atoms with Gasteiger partial charge in [0.05, 0.1) is 5.41 Å². The molecule has 326 valence electrons. The maximum atomic E-state index is 2.46. The van der Waals surface area contributed by atoms with Gasteiger partial charge in [-0.25, -0.2) is 0 Å². The van der Waals surface area contributed by atoms with Crippen LogP contribution in [0.25, 0.3) is 53.6 Å². The van der Waals surface area contributed by atoms with Crippen molar-refractivity contribution in [1.82, 2.24) is 0 Å². The van der Waals surface area contributed by atoms with Gasteiger partial charge in [-0.15, -0.1) is 11.3 Å². The van der Waals surface area contributed by atoms with Gasteiger partial charge in [0.15, 0.2) is 0 Å². The summed E-state index contributed by atoms with van der Waals surface area (Å²) in [6.07, 6.45) is 5.79. The minimum absolute atomic E-state index is 0.222. The number of rotatable bonds is 9. The summed E-state index contributed by atoms with van der Waals surface area (Å²) >= 11 is 1.86. The number of nitrogens with zero attached hydrogens (tertiary/aromatic N) is 1. The van der Waals surface area contributed by atoms with E-state index in [1.807, 2.05) is 11.3 Å². The largest absolute Gasteiger partial charge is 0.310 e. The minimum Gasteiger partial charge on any atom is -0.310 e. The molecule has 0 bridgehead atoms. The summed E-state index contributed by atoms with van der Waals surface area (Å²) in [5, 5.41) is 2.62. The van der Waals surface area contributed by atoms with Crippen LogP contribution in [-0.4, -0.2) is 0 Å². The van der Waals surface area contributed by atoms with Gasteiger partial charge in [0, 0.05) is 43.2 Å². The zero-order chi connectivity index (χ0) is 45.7. The molecule has 13 rings (SSSR count). The van der Waals surface area contributed by atoms with E-state index in [0.717, 1.165) is 23.5 Å². The molecule has 0 aliphatic heterocycles. The summed E-state index contributed by atoms with van der Waals surface area (Å²) in [6.45, 7) is 0. The Labute approximate surface area is 408 Å². The monoisotopic (exact) mass is 897 g/mol. The molecule has 0 fully saturated rings. The lowest BCUT2D eigenvalue weighted by Crippen LogP contribution is -2.28. The van der Waals surface area contributed by atoms with Gasteiger partial charge >= 0.3 is 0 Å². The predicted octanol–water partition coefficient (Wildman–Crippen LogP) is 18.2. The van der Waals surface area contributed by atoms with E-state index in [1.54, 1.807) is 0 Å². The predicted molar refractivity (Wildman–Crippen MR) is 293 cm³/mol. The first-order valence-electron chi connectivity index (χ1n) is 24.0. The highest BCUT2D eigenvalue weighted by Crippen LogP contribution is 2.56. The molecule has 2 aliphatic carbocycles. The van der Waals surface area contributed by atoms with Crippen molar-refractivity contribution in [3.05, 3.63) is 306 Å². The molecule has 2 heteroatoms. The van der Waals surface area contributed by atoms with Crippen LogP contribution >= 0.6 is 11.3 Å². The summed E-state index contributed by atoms with van der Waals surface area (Å²) in [6, 6.07) is 94.3. The summed E-state index contributed by atoms with van der Waals surface area (Å²) in [5.41, 5.74) is 19.4. The highest BCUT2D eigenvalue weighted by molar-refractivity contribution is 7.25. The first-order chi connectivity index (χ1) is 34.2. The average molecular weight is 898 g/mol. The number of benzene rings is 10. The number of thiophene rings is 1. The smallest absolute Gasteiger partial charge is 0.0713 e. The number of hydrogen-bond acceptors (Lipinski definition) is 2. The van der Waals surface area contributed by atoms with Crippen LogP contribution in [0.5, 0.6) is 0 Å². The zero-order valence-corrected chi connectivity index (χ0v) is 38.9. The number of hydrogen-bond donors (Lipinski definition) is 0. The van der Waals surface area contributed by atoms with E-state index < -0.39 is 5.41 Å². The minimum atomic E-state index is -0.469. The van der Waals surface area contributed by atoms with E-state index in [4.69, 9.17) is 0 Å². The van der Waals surface area contributed by atoms with Gasteiger partial charge in [-0.05, 0) is 133 Å². The third kappa shape index (κ3) is 7.07. The fourth-order valence-corrected chi connectivity index (χ4v) is 12.4. The lowest BCUT2D eigenvalue weighted by Gasteiger charge is -2.34. The molecule has 1 unspecified atom stereocenters. The molecule has 11 aromatic rings. The van der Waals surface area contributed by atoms with Crippen LogP contribution in [0.4, 0.5) is 17.1 Å². The summed E-state index contributed by atoms with van der Waals surface area (Å²) < 4.78 is 2.64. The van der Waals surface area contributed by atoms with Gasteiger partial charge in [0.2, 0.25) is 0 Å². The molecule has 1 nitrogen and oxygen atoms in total. The molecule has 0 radical (unpaired) electrons. The third-order valence-electron chi connectivity index (χ3n) is 14.5. The highest BCUT2D eigenvalue weighted by Gasteiger charge is 2.45. The Morgan fingerprint density at radius 2 is 0.942 bits per heavy atom. The Kier molecular flexibility index (Phi) is 10.1. The summed E-state index contributed by atoms with van der Waals surface area (Å²) in [7, 11) is 0. The second-order valence-corrected chi connectivity index (χ2v) is 19.5.